The first-order chi connectivity index (χ1) is 8.54. The van der Waals surface area contributed by atoms with E-state index in [9.17, 15) is 18.4 Å². The van der Waals surface area contributed by atoms with E-state index < -0.39 is 23.4 Å². The molecule has 0 spiro atoms. The normalized spacial score (nSPS) is 9.61. The van der Waals surface area contributed by atoms with Crippen LogP contribution in [0.3, 0.4) is 0 Å². The Bertz CT molecular complexity index is 503. The van der Waals surface area contributed by atoms with Gasteiger partial charge in [-0.05, 0) is 12.1 Å². The van der Waals surface area contributed by atoms with Crippen LogP contribution in [0.4, 0.5) is 8.78 Å². The molecule has 0 aliphatic rings. The first-order valence-electron chi connectivity index (χ1n) is 5.12. The van der Waals surface area contributed by atoms with Crippen LogP contribution in [-0.2, 0) is 9.53 Å². The van der Waals surface area contributed by atoms with Crippen molar-refractivity contribution in [1.82, 2.24) is 0 Å². The van der Waals surface area contributed by atoms with Crippen molar-refractivity contribution in [1.29, 1.82) is 0 Å². The number of halogens is 2. The highest BCUT2D eigenvalue weighted by atomic mass is 19.1. The standard InChI is InChI=1S/C13H10F2O3/c1-2-7-18-13(17)6-5-12(16)10-4-3-9(14)8-11(10)15/h1,3-4,8H,5-7H2. The Morgan fingerprint density at radius 1 is 1.28 bits per heavy atom. The molecule has 1 aromatic rings. The fourth-order valence-corrected chi connectivity index (χ4v) is 1.26. The number of ether oxygens (including phenoxy) is 1. The minimum Gasteiger partial charge on any atom is -0.452 e. The number of terminal acetylenes is 1. The molecule has 0 amide bonds. The highest BCUT2D eigenvalue weighted by molar-refractivity contribution is 5.97. The van der Waals surface area contributed by atoms with E-state index in [0.717, 1.165) is 12.1 Å². The third kappa shape index (κ3) is 3.98. The molecule has 0 aliphatic carbocycles. The number of Topliss-reactive ketones (excluding diaryl/α,β-unsaturated/α-hetero) is 1. The van der Waals surface area contributed by atoms with Crippen LogP contribution in [0.5, 0.6) is 0 Å². The Morgan fingerprint density at radius 2 is 2.00 bits per heavy atom. The Morgan fingerprint density at radius 3 is 2.61 bits per heavy atom. The maximum atomic E-state index is 13.2. The zero-order valence-corrected chi connectivity index (χ0v) is 9.41. The lowest BCUT2D eigenvalue weighted by molar-refractivity contribution is -0.142. The van der Waals surface area contributed by atoms with Crippen LogP contribution in [0, 0.1) is 24.0 Å². The van der Waals surface area contributed by atoms with Crippen LogP contribution < -0.4 is 0 Å². The fraction of sp³-hybridized carbons (Fsp3) is 0.231. The van der Waals surface area contributed by atoms with Crippen LogP contribution in [0.25, 0.3) is 0 Å². The molecule has 0 N–H and O–H groups in total. The highest BCUT2D eigenvalue weighted by Gasteiger charge is 2.14. The van der Waals surface area contributed by atoms with Gasteiger partial charge in [0.25, 0.3) is 0 Å². The van der Waals surface area contributed by atoms with Crippen molar-refractivity contribution in [2.45, 2.75) is 12.8 Å². The number of esters is 1. The largest absolute Gasteiger partial charge is 0.452 e. The predicted octanol–water partition coefficient (Wildman–Crippen LogP) is 2.10. The molecule has 0 aliphatic heterocycles. The second kappa shape index (κ2) is 6.50. The van der Waals surface area contributed by atoms with Gasteiger partial charge in [-0.15, -0.1) is 6.42 Å². The first-order valence-corrected chi connectivity index (χ1v) is 5.12. The summed E-state index contributed by atoms with van der Waals surface area (Å²) in [4.78, 5) is 22.6. The maximum Gasteiger partial charge on any atom is 0.307 e. The van der Waals surface area contributed by atoms with Crippen molar-refractivity contribution >= 4 is 11.8 Å². The lowest BCUT2D eigenvalue weighted by Gasteiger charge is -2.03. The van der Waals surface area contributed by atoms with Gasteiger partial charge in [-0.2, -0.15) is 0 Å². The van der Waals surface area contributed by atoms with Gasteiger partial charge in [-0.1, -0.05) is 5.92 Å². The van der Waals surface area contributed by atoms with Crippen LogP contribution >= 0.6 is 0 Å². The average Bonchev–Trinajstić information content (AvgIpc) is 2.33. The molecule has 3 nitrogen and oxygen atoms in total. The van der Waals surface area contributed by atoms with E-state index in [4.69, 9.17) is 6.42 Å². The van der Waals surface area contributed by atoms with Gasteiger partial charge in [0.1, 0.15) is 11.6 Å². The molecule has 5 heteroatoms. The molecular formula is C13H10F2O3. The SMILES string of the molecule is C#CCOC(=O)CCC(=O)c1ccc(F)cc1F. The molecule has 0 aromatic heterocycles. The molecule has 0 saturated carbocycles. The quantitative estimate of drug-likeness (QED) is 0.458. The number of hydrogen-bond donors (Lipinski definition) is 0. The predicted molar refractivity (Wildman–Crippen MR) is 59.7 cm³/mol. The van der Waals surface area contributed by atoms with Crippen molar-refractivity contribution in [3.05, 3.63) is 35.4 Å². The smallest absolute Gasteiger partial charge is 0.307 e. The average molecular weight is 252 g/mol. The number of hydrogen-bond acceptors (Lipinski definition) is 3. The summed E-state index contributed by atoms with van der Waals surface area (Å²) in [7, 11) is 0. The van der Waals surface area contributed by atoms with E-state index >= 15 is 0 Å². The summed E-state index contributed by atoms with van der Waals surface area (Å²) in [6, 6.07) is 2.64. The molecule has 94 valence electrons. The number of ketones is 1. The Hall–Kier alpha value is -2.22. The van der Waals surface area contributed by atoms with Gasteiger partial charge in [0.2, 0.25) is 0 Å². The second-order valence-electron chi connectivity index (χ2n) is 3.41. The first kappa shape index (κ1) is 13.8. The third-order valence-electron chi connectivity index (χ3n) is 2.10. The summed E-state index contributed by atoms with van der Waals surface area (Å²) in [6.07, 6.45) is 4.47. The fourth-order valence-electron chi connectivity index (χ4n) is 1.26. The van der Waals surface area contributed by atoms with E-state index in [1.807, 2.05) is 0 Å². The molecule has 0 heterocycles. The highest BCUT2D eigenvalue weighted by Crippen LogP contribution is 2.12. The molecule has 18 heavy (non-hydrogen) atoms. The van der Waals surface area contributed by atoms with Gasteiger partial charge in [-0.25, -0.2) is 8.78 Å². The van der Waals surface area contributed by atoms with E-state index in [2.05, 4.69) is 10.7 Å². The van der Waals surface area contributed by atoms with Crippen LogP contribution in [0.2, 0.25) is 0 Å². The van der Waals surface area contributed by atoms with Gasteiger partial charge in [0, 0.05) is 12.5 Å². The van der Waals surface area contributed by atoms with E-state index in [0.29, 0.717) is 6.07 Å². The number of carbonyl (C=O) groups is 2. The minimum absolute atomic E-state index is 0.169. The summed E-state index contributed by atoms with van der Waals surface area (Å²) in [5.41, 5.74) is -0.249. The van der Waals surface area contributed by atoms with Gasteiger partial charge in [-0.3, -0.25) is 9.59 Å². The van der Waals surface area contributed by atoms with Crippen molar-refractivity contribution in [3.63, 3.8) is 0 Å². The van der Waals surface area contributed by atoms with Crippen molar-refractivity contribution < 1.29 is 23.1 Å². The molecule has 1 aromatic carbocycles. The van der Waals surface area contributed by atoms with Crippen molar-refractivity contribution in [3.8, 4) is 12.3 Å². The molecule has 0 saturated heterocycles. The lowest BCUT2D eigenvalue weighted by atomic mass is 10.1. The summed E-state index contributed by atoms with van der Waals surface area (Å²) in [5.74, 6) is -0.838. The number of rotatable bonds is 5. The van der Waals surface area contributed by atoms with Gasteiger partial charge in [0.05, 0.1) is 12.0 Å². The van der Waals surface area contributed by atoms with Crippen molar-refractivity contribution in [2.24, 2.45) is 0 Å². The van der Waals surface area contributed by atoms with E-state index in [1.54, 1.807) is 0 Å². The maximum absolute atomic E-state index is 13.2. The molecule has 0 bridgehead atoms. The molecular weight excluding hydrogens is 242 g/mol. The molecule has 0 unspecified atom stereocenters. The van der Waals surface area contributed by atoms with Gasteiger partial charge >= 0.3 is 5.97 Å². The van der Waals surface area contributed by atoms with Gasteiger partial charge in [0.15, 0.2) is 12.4 Å². The molecule has 0 fully saturated rings. The van der Waals surface area contributed by atoms with E-state index in [1.165, 1.54) is 0 Å². The second-order valence-corrected chi connectivity index (χ2v) is 3.41. The molecule has 0 atom stereocenters. The van der Waals surface area contributed by atoms with E-state index in [-0.39, 0.29) is 25.0 Å². The lowest BCUT2D eigenvalue weighted by Crippen LogP contribution is -2.09. The topological polar surface area (TPSA) is 43.4 Å². The third-order valence-corrected chi connectivity index (χ3v) is 2.10. The summed E-state index contributed by atoms with van der Waals surface area (Å²) >= 11 is 0. The summed E-state index contributed by atoms with van der Waals surface area (Å²) in [5, 5.41) is 0. The molecule has 1 rings (SSSR count). The zero-order valence-electron chi connectivity index (χ0n) is 9.41. The summed E-state index contributed by atoms with van der Waals surface area (Å²) in [6.45, 7) is -0.169. The van der Waals surface area contributed by atoms with Crippen molar-refractivity contribution in [2.75, 3.05) is 6.61 Å². The van der Waals surface area contributed by atoms with Crippen LogP contribution in [0.1, 0.15) is 23.2 Å². The Balaban J connectivity index is 2.56. The monoisotopic (exact) mass is 252 g/mol. The summed E-state index contributed by atoms with van der Waals surface area (Å²) < 4.78 is 30.4. The minimum atomic E-state index is -0.947. The Labute approximate surface area is 103 Å². The number of carbonyl (C=O) groups excluding carboxylic acids is 2. The zero-order chi connectivity index (χ0) is 13.5. The Kier molecular flexibility index (Phi) is 5.00. The van der Waals surface area contributed by atoms with Gasteiger partial charge < -0.3 is 4.74 Å². The molecule has 0 radical (unpaired) electrons. The number of benzene rings is 1. The van der Waals surface area contributed by atoms with Crippen LogP contribution in [0.15, 0.2) is 18.2 Å². The van der Waals surface area contributed by atoms with Crippen LogP contribution in [-0.4, -0.2) is 18.4 Å².